The minimum absolute atomic E-state index is 0.202. The van der Waals surface area contributed by atoms with Crippen LogP contribution in [0.5, 0.6) is 5.75 Å². The highest BCUT2D eigenvalue weighted by molar-refractivity contribution is 7.98. The van der Waals surface area contributed by atoms with E-state index < -0.39 is 5.72 Å². The summed E-state index contributed by atoms with van der Waals surface area (Å²) < 4.78 is 6.49. The number of hydrogen-bond acceptors (Lipinski definition) is 3. The number of benzene rings is 2. The van der Waals surface area contributed by atoms with Crippen molar-refractivity contribution in [3.05, 3.63) is 53.6 Å². The van der Waals surface area contributed by atoms with Gasteiger partial charge in [0.2, 0.25) is 0 Å². The van der Waals surface area contributed by atoms with Gasteiger partial charge in [-0.15, -0.1) is 11.8 Å². The highest BCUT2D eigenvalue weighted by Gasteiger charge is 2.48. The number of aryl methyl sites for hydroxylation is 1. The van der Waals surface area contributed by atoms with Crippen LogP contribution in [0.2, 0.25) is 0 Å². The van der Waals surface area contributed by atoms with Gasteiger partial charge in [0.25, 0.3) is 0 Å². The zero-order valence-corrected chi connectivity index (χ0v) is 16.3. The Kier molecular flexibility index (Phi) is 4.16. The summed E-state index contributed by atoms with van der Waals surface area (Å²) in [6, 6.07) is 15.2. The topological polar surface area (TPSA) is 24.5 Å². The van der Waals surface area contributed by atoms with Crippen molar-refractivity contribution >= 4 is 34.8 Å². The average Bonchev–Trinajstić information content (AvgIpc) is 2.61. The molecule has 0 amide bonds. The summed E-state index contributed by atoms with van der Waals surface area (Å²) in [6.07, 6.45) is 3.97. The molecule has 2 aromatic rings. The second kappa shape index (κ2) is 6.22. The fourth-order valence-corrected chi connectivity index (χ4v) is 4.68. The van der Waals surface area contributed by atoms with E-state index in [0.29, 0.717) is 0 Å². The van der Waals surface area contributed by atoms with E-state index in [4.69, 9.17) is 17.0 Å². The zero-order valence-electron chi connectivity index (χ0n) is 14.7. The van der Waals surface area contributed by atoms with Crippen LogP contribution in [0.3, 0.4) is 0 Å². The Hall–Kier alpha value is -1.72. The first-order chi connectivity index (χ1) is 12.0. The van der Waals surface area contributed by atoms with Crippen LogP contribution in [0.15, 0.2) is 47.4 Å². The summed E-state index contributed by atoms with van der Waals surface area (Å²) in [4.78, 5) is 3.34. The molecule has 0 aromatic heterocycles. The first-order valence-corrected chi connectivity index (χ1v) is 10.2. The van der Waals surface area contributed by atoms with Crippen molar-refractivity contribution in [1.82, 2.24) is 5.32 Å². The second-order valence-corrected chi connectivity index (χ2v) is 8.01. The van der Waals surface area contributed by atoms with E-state index in [-0.39, 0.29) is 6.04 Å². The summed E-state index contributed by atoms with van der Waals surface area (Å²) in [5.41, 5.74) is 3.13. The van der Waals surface area contributed by atoms with E-state index in [1.807, 2.05) is 0 Å². The number of thiocarbonyl (C=S) groups is 1. The molecular weight excluding hydrogens is 348 g/mol. The molecule has 25 heavy (non-hydrogen) atoms. The lowest BCUT2D eigenvalue weighted by molar-refractivity contribution is 0.0497. The third-order valence-corrected chi connectivity index (χ3v) is 6.08. The van der Waals surface area contributed by atoms with Crippen LogP contribution in [0.25, 0.3) is 0 Å². The van der Waals surface area contributed by atoms with Crippen molar-refractivity contribution in [3.63, 3.8) is 0 Å². The van der Waals surface area contributed by atoms with Crippen molar-refractivity contribution in [2.45, 2.75) is 43.4 Å². The fraction of sp³-hybridized carbons (Fsp3) is 0.350. The minimum Gasteiger partial charge on any atom is -0.467 e. The van der Waals surface area contributed by atoms with Gasteiger partial charge < -0.3 is 10.1 Å². The summed E-state index contributed by atoms with van der Waals surface area (Å²) >= 11 is 7.47. The molecule has 2 bridgehead atoms. The van der Waals surface area contributed by atoms with Crippen molar-refractivity contribution in [2.75, 3.05) is 11.2 Å². The van der Waals surface area contributed by atoms with E-state index in [0.717, 1.165) is 29.4 Å². The Morgan fingerprint density at radius 2 is 2.16 bits per heavy atom. The number of thioether (sulfide) groups is 1. The van der Waals surface area contributed by atoms with Crippen molar-refractivity contribution in [2.24, 2.45) is 0 Å². The average molecular weight is 371 g/mol. The lowest BCUT2D eigenvalue weighted by Crippen LogP contribution is -2.65. The predicted molar refractivity (Wildman–Crippen MR) is 109 cm³/mol. The standard InChI is InChI=1S/C20H22N2OS2/c1-4-13-8-9-18-16(10-13)17-12-20(2,23-18)22(19(24)21-17)14-6-5-7-15(11-14)25-3/h5-11,17H,4,12H2,1-3H3,(H,21,24). The Bertz CT molecular complexity index is 838. The summed E-state index contributed by atoms with van der Waals surface area (Å²) in [5.74, 6) is 0.956. The van der Waals surface area contributed by atoms with E-state index >= 15 is 0 Å². The molecule has 2 aromatic carbocycles. The smallest absolute Gasteiger partial charge is 0.188 e. The molecule has 3 nitrogen and oxygen atoms in total. The quantitative estimate of drug-likeness (QED) is 0.612. The van der Waals surface area contributed by atoms with Gasteiger partial charge in [0.15, 0.2) is 10.8 Å². The Morgan fingerprint density at radius 3 is 2.92 bits per heavy atom. The van der Waals surface area contributed by atoms with Gasteiger partial charge in [0, 0.05) is 22.6 Å². The predicted octanol–water partition coefficient (Wildman–Crippen LogP) is 4.91. The van der Waals surface area contributed by atoms with E-state index in [2.05, 4.69) is 72.8 Å². The van der Waals surface area contributed by atoms with Gasteiger partial charge in [0.05, 0.1) is 6.04 Å². The molecular formula is C20H22N2OS2. The molecule has 5 heteroatoms. The molecule has 0 radical (unpaired) electrons. The van der Waals surface area contributed by atoms with Gasteiger partial charge in [-0.3, -0.25) is 4.90 Å². The van der Waals surface area contributed by atoms with Gasteiger partial charge >= 0.3 is 0 Å². The molecule has 4 rings (SSSR count). The molecule has 130 valence electrons. The lowest BCUT2D eigenvalue weighted by atomic mass is 9.89. The summed E-state index contributed by atoms with van der Waals surface area (Å²) in [7, 11) is 0. The zero-order chi connectivity index (χ0) is 17.6. The number of ether oxygens (including phenoxy) is 1. The van der Waals surface area contributed by atoms with Crippen LogP contribution < -0.4 is 15.0 Å². The molecule has 0 saturated carbocycles. The number of nitrogens with one attached hydrogen (secondary N) is 1. The largest absolute Gasteiger partial charge is 0.467 e. The molecule has 0 spiro atoms. The maximum atomic E-state index is 6.49. The first kappa shape index (κ1) is 16.7. The molecule has 2 atom stereocenters. The summed E-state index contributed by atoms with van der Waals surface area (Å²) in [6.45, 7) is 4.31. The van der Waals surface area contributed by atoms with Gasteiger partial charge in [-0.05, 0) is 61.6 Å². The fourth-order valence-electron chi connectivity index (χ4n) is 3.78. The lowest BCUT2D eigenvalue weighted by Gasteiger charge is -2.52. The van der Waals surface area contributed by atoms with Crippen LogP contribution in [0.4, 0.5) is 5.69 Å². The van der Waals surface area contributed by atoms with E-state index in [1.165, 1.54) is 16.0 Å². The maximum absolute atomic E-state index is 6.49. The molecule has 2 aliphatic heterocycles. The third-order valence-electron chi connectivity index (χ3n) is 5.06. The first-order valence-electron chi connectivity index (χ1n) is 8.60. The third kappa shape index (κ3) is 2.79. The second-order valence-electron chi connectivity index (χ2n) is 6.75. The SMILES string of the molecule is CCc1ccc2c(c1)C1CC(C)(O2)N(c2cccc(SC)c2)C(=S)N1. The number of rotatable bonds is 3. The van der Waals surface area contributed by atoms with Crippen LogP contribution in [0, 0.1) is 0 Å². The van der Waals surface area contributed by atoms with Gasteiger partial charge in [0.1, 0.15) is 5.75 Å². The van der Waals surface area contributed by atoms with Crippen LogP contribution in [0.1, 0.15) is 37.4 Å². The van der Waals surface area contributed by atoms with Gasteiger partial charge in [-0.1, -0.05) is 25.1 Å². The molecule has 2 unspecified atom stereocenters. The molecule has 1 fully saturated rings. The van der Waals surface area contributed by atoms with E-state index in [9.17, 15) is 0 Å². The number of hydrogen-bond donors (Lipinski definition) is 1. The number of nitrogens with zero attached hydrogens (tertiary/aromatic N) is 1. The Labute approximate surface area is 158 Å². The van der Waals surface area contributed by atoms with Crippen LogP contribution in [-0.4, -0.2) is 17.1 Å². The van der Waals surface area contributed by atoms with Gasteiger partial charge in [-0.2, -0.15) is 0 Å². The molecule has 1 saturated heterocycles. The molecule has 2 heterocycles. The highest BCUT2D eigenvalue weighted by atomic mass is 32.2. The van der Waals surface area contributed by atoms with Gasteiger partial charge in [-0.25, -0.2) is 0 Å². The summed E-state index contributed by atoms with van der Waals surface area (Å²) in [5, 5.41) is 4.26. The van der Waals surface area contributed by atoms with Crippen molar-refractivity contribution in [1.29, 1.82) is 0 Å². The Balaban J connectivity index is 1.77. The number of fused-ring (bicyclic) bond motifs is 4. The van der Waals surface area contributed by atoms with Crippen LogP contribution >= 0.6 is 24.0 Å². The van der Waals surface area contributed by atoms with Crippen molar-refractivity contribution < 1.29 is 4.74 Å². The minimum atomic E-state index is -0.481. The molecule has 1 N–H and O–H groups in total. The normalized spacial score (nSPS) is 24.4. The monoisotopic (exact) mass is 370 g/mol. The molecule has 0 aliphatic carbocycles. The Morgan fingerprint density at radius 1 is 1.32 bits per heavy atom. The highest BCUT2D eigenvalue weighted by Crippen LogP contribution is 2.46. The van der Waals surface area contributed by atoms with Crippen molar-refractivity contribution in [3.8, 4) is 5.75 Å². The molecule has 2 aliphatic rings. The maximum Gasteiger partial charge on any atom is 0.188 e. The van der Waals surface area contributed by atoms with E-state index in [1.54, 1.807) is 11.8 Å². The van der Waals surface area contributed by atoms with Crippen LogP contribution in [-0.2, 0) is 6.42 Å². The number of anilines is 1.